The molecule has 2 amide bonds. The number of morpholine rings is 1. The van der Waals surface area contributed by atoms with E-state index in [-0.39, 0.29) is 12.1 Å². The van der Waals surface area contributed by atoms with Crippen molar-refractivity contribution in [2.75, 3.05) is 26.2 Å². The Morgan fingerprint density at radius 3 is 2.89 bits per heavy atom. The van der Waals surface area contributed by atoms with Gasteiger partial charge in [0, 0.05) is 51.5 Å². The first-order valence-corrected chi connectivity index (χ1v) is 9.52. The fraction of sp³-hybridized carbons (Fsp3) is 0.444. The molecule has 27 heavy (non-hydrogen) atoms. The highest BCUT2D eigenvalue weighted by atomic mass is 35.5. The average molecular weight is 412 g/mol. The molecule has 0 bridgehead atoms. The van der Waals surface area contributed by atoms with Gasteiger partial charge in [0.1, 0.15) is 0 Å². The molecule has 1 aliphatic rings. The normalized spacial score (nSPS) is 17.7. The lowest BCUT2D eigenvalue weighted by molar-refractivity contribution is -0.0287. The van der Waals surface area contributed by atoms with Crippen molar-refractivity contribution in [2.24, 2.45) is 7.05 Å². The second kappa shape index (κ2) is 9.41. The summed E-state index contributed by atoms with van der Waals surface area (Å²) in [5.74, 6) is 0. The summed E-state index contributed by atoms with van der Waals surface area (Å²) in [4.78, 5) is 14.2. The molecule has 1 aromatic heterocycles. The van der Waals surface area contributed by atoms with E-state index >= 15 is 0 Å². The Balaban J connectivity index is 1.41. The van der Waals surface area contributed by atoms with E-state index < -0.39 is 0 Å². The van der Waals surface area contributed by atoms with Crippen molar-refractivity contribution in [3.63, 3.8) is 0 Å². The van der Waals surface area contributed by atoms with Gasteiger partial charge in [0.05, 0.1) is 29.0 Å². The lowest BCUT2D eigenvalue weighted by Crippen LogP contribution is -2.48. The Labute approximate surface area is 168 Å². The molecule has 2 aromatic rings. The average Bonchev–Trinajstić information content (AvgIpc) is 3.07. The summed E-state index contributed by atoms with van der Waals surface area (Å²) in [6, 6.07) is 5.45. The maximum absolute atomic E-state index is 12.0. The number of hydrogen-bond acceptors (Lipinski definition) is 4. The number of halogens is 2. The highest BCUT2D eigenvalue weighted by molar-refractivity contribution is 6.42. The summed E-state index contributed by atoms with van der Waals surface area (Å²) >= 11 is 12.1. The molecule has 3 rings (SSSR count). The van der Waals surface area contributed by atoms with Crippen LogP contribution in [0.2, 0.25) is 10.0 Å². The lowest BCUT2D eigenvalue weighted by atomic mass is 10.2. The number of urea groups is 1. The van der Waals surface area contributed by atoms with Gasteiger partial charge in [-0.3, -0.25) is 9.58 Å². The topological polar surface area (TPSA) is 71.4 Å². The van der Waals surface area contributed by atoms with Crippen LogP contribution >= 0.6 is 23.2 Å². The molecule has 1 saturated heterocycles. The first-order chi connectivity index (χ1) is 13.0. The molecule has 0 saturated carbocycles. The maximum Gasteiger partial charge on any atom is 0.315 e. The summed E-state index contributed by atoms with van der Waals surface area (Å²) in [7, 11) is 1.84. The zero-order chi connectivity index (χ0) is 19.2. The van der Waals surface area contributed by atoms with Gasteiger partial charge in [-0.1, -0.05) is 29.3 Å². The zero-order valence-electron chi connectivity index (χ0n) is 15.1. The van der Waals surface area contributed by atoms with Gasteiger partial charge >= 0.3 is 6.03 Å². The predicted octanol–water partition coefficient (Wildman–Crippen LogP) is 2.43. The number of carbonyl (C=O) groups excluding carboxylic acids is 1. The molecule has 2 N–H and O–H groups in total. The summed E-state index contributed by atoms with van der Waals surface area (Å²) < 4.78 is 7.46. The van der Waals surface area contributed by atoms with Crippen molar-refractivity contribution < 1.29 is 9.53 Å². The molecule has 146 valence electrons. The van der Waals surface area contributed by atoms with Gasteiger partial charge in [-0.2, -0.15) is 5.10 Å². The fourth-order valence-corrected chi connectivity index (χ4v) is 3.28. The van der Waals surface area contributed by atoms with Crippen LogP contribution in [0.1, 0.15) is 11.1 Å². The van der Waals surface area contributed by atoms with Gasteiger partial charge in [0.25, 0.3) is 0 Å². The largest absolute Gasteiger partial charge is 0.374 e. The van der Waals surface area contributed by atoms with E-state index in [2.05, 4.69) is 20.6 Å². The second-order valence-electron chi connectivity index (χ2n) is 6.56. The van der Waals surface area contributed by atoms with Crippen molar-refractivity contribution in [1.82, 2.24) is 25.3 Å². The lowest BCUT2D eigenvalue weighted by Gasteiger charge is -2.33. The molecule has 2 heterocycles. The third kappa shape index (κ3) is 6.10. The number of ether oxygens (including phenoxy) is 1. The van der Waals surface area contributed by atoms with Gasteiger partial charge in [-0.05, 0) is 17.7 Å². The van der Waals surface area contributed by atoms with Crippen LogP contribution in [0, 0.1) is 0 Å². The highest BCUT2D eigenvalue weighted by Gasteiger charge is 2.21. The molecule has 0 unspecified atom stereocenters. The van der Waals surface area contributed by atoms with Crippen molar-refractivity contribution in [1.29, 1.82) is 0 Å². The van der Waals surface area contributed by atoms with Crippen molar-refractivity contribution in [3.05, 3.63) is 51.8 Å². The van der Waals surface area contributed by atoms with Crippen molar-refractivity contribution in [2.45, 2.75) is 19.2 Å². The van der Waals surface area contributed by atoms with Crippen molar-refractivity contribution in [3.8, 4) is 0 Å². The summed E-state index contributed by atoms with van der Waals surface area (Å²) in [6.07, 6.45) is 3.54. The number of nitrogens with zero attached hydrogens (tertiary/aromatic N) is 3. The Morgan fingerprint density at radius 1 is 1.30 bits per heavy atom. The first kappa shape index (κ1) is 19.9. The highest BCUT2D eigenvalue weighted by Crippen LogP contribution is 2.23. The van der Waals surface area contributed by atoms with Crippen LogP contribution in [0.15, 0.2) is 30.6 Å². The van der Waals surface area contributed by atoms with E-state index in [0.29, 0.717) is 29.7 Å². The van der Waals surface area contributed by atoms with Crippen LogP contribution in [0.3, 0.4) is 0 Å². The van der Waals surface area contributed by atoms with Crippen LogP contribution in [0.25, 0.3) is 0 Å². The number of rotatable bonds is 6. The minimum atomic E-state index is -0.218. The van der Waals surface area contributed by atoms with Crippen LogP contribution in [0.4, 0.5) is 4.79 Å². The molecular weight excluding hydrogens is 389 g/mol. The van der Waals surface area contributed by atoms with Crippen LogP contribution in [-0.4, -0.2) is 53.1 Å². The van der Waals surface area contributed by atoms with Crippen LogP contribution in [0.5, 0.6) is 0 Å². The molecule has 9 heteroatoms. The minimum Gasteiger partial charge on any atom is -0.374 e. The van der Waals surface area contributed by atoms with Crippen LogP contribution < -0.4 is 10.6 Å². The van der Waals surface area contributed by atoms with Gasteiger partial charge < -0.3 is 15.4 Å². The number of aryl methyl sites for hydroxylation is 1. The molecule has 0 radical (unpaired) electrons. The Bertz CT molecular complexity index is 783. The standard InChI is InChI=1S/C18H23Cl2N5O2/c1-24-10-14(8-23-24)7-21-18(26)22-9-15-12-25(4-5-27-15)11-13-2-3-16(19)17(20)6-13/h2-3,6,8,10,15H,4-5,7,9,11-12H2,1H3,(H2,21,22,26)/t15-/m0/s1. The molecule has 0 spiro atoms. The summed E-state index contributed by atoms with van der Waals surface area (Å²) in [5, 5.41) is 10.9. The van der Waals surface area contributed by atoms with E-state index in [1.165, 1.54) is 0 Å². The number of nitrogens with one attached hydrogen (secondary N) is 2. The number of benzene rings is 1. The zero-order valence-corrected chi connectivity index (χ0v) is 16.6. The first-order valence-electron chi connectivity index (χ1n) is 8.76. The predicted molar refractivity (Wildman–Crippen MR) is 105 cm³/mol. The number of amides is 2. The number of aromatic nitrogens is 2. The van der Waals surface area contributed by atoms with Gasteiger partial charge in [0.15, 0.2) is 0 Å². The SMILES string of the molecule is Cn1cc(CNC(=O)NC[C@H]2CN(Cc3ccc(Cl)c(Cl)c3)CCO2)cn1. The Morgan fingerprint density at radius 2 is 2.15 bits per heavy atom. The fourth-order valence-electron chi connectivity index (χ4n) is 2.96. The van der Waals surface area contributed by atoms with E-state index in [9.17, 15) is 4.79 Å². The molecular formula is C18H23Cl2N5O2. The molecule has 1 aromatic carbocycles. The molecule has 1 atom stereocenters. The van der Waals surface area contributed by atoms with E-state index in [1.54, 1.807) is 10.9 Å². The molecule has 1 aliphatic heterocycles. The van der Waals surface area contributed by atoms with Gasteiger partial charge in [0.2, 0.25) is 0 Å². The Kier molecular flexibility index (Phi) is 6.95. The molecule has 1 fully saturated rings. The summed E-state index contributed by atoms with van der Waals surface area (Å²) in [5.41, 5.74) is 2.06. The number of carbonyl (C=O) groups is 1. The maximum atomic E-state index is 12.0. The van der Waals surface area contributed by atoms with Crippen LogP contribution in [-0.2, 0) is 24.9 Å². The second-order valence-corrected chi connectivity index (χ2v) is 7.38. The molecule has 7 nitrogen and oxygen atoms in total. The third-order valence-electron chi connectivity index (χ3n) is 4.31. The molecule has 0 aliphatic carbocycles. The van der Waals surface area contributed by atoms with Gasteiger partial charge in [-0.25, -0.2) is 4.79 Å². The van der Waals surface area contributed by atoms with Gasteiger partial charge in [-0.15, -0.1) is 0 Å². The van der Waals surface area contributed by atoms with Crippen molar-refractivity contribution >= 4 is 29.2 Å². The van der Waals surface area contributed by atoms with E-state index in [0.717, 1.165) is 30.8 Å². The smallest absolute Gasteiger partial charge is 0.315 e. The summed E-state index contributed by atoms with van der Waals surface area (Å²) in [6.45, 7) is 3.87. The third-order valence-corrected chi connectivity index (χ3v) is 5.05. The number of hydrogen-bond donors (Lipinski definition) is 2. The van der Waals surface area contributed by atoms with E-state index in [1.807, 2.05) is 31.4 Å². The quantitative estimate of drug-likeness (QED) is 0.765. The minimum absolute atomic E-state index is 0.0503. The monoisotopic (exact) mass is 411 g/mol. The van der Waals surface area contributed by atoms with E-state index in [4.69, 9.17) is 27.9 Å². The Hall–Kier alpha value is -1.80.